The molecule has 4 heteroatoms. The summed E-state index contributed by atoms with van der Waals surface area (Å²) in [6, 6.07) is 7.85. The molecule has 1 aromatic carbocycles. The van der Waals surface area contributed by atoms with Crippen molar-refractivity contribution in [3.8, 4) is 0 Å². The number of hydrogen-bond acceptors (Lipinski definition) is 4. The van der Waals surface area contributed by atoms with Crippen LogP contribution in [0.3, 0.4) is 0 Å². The maximum atomic E-state index is 12.0. The number of carbonyl (C=O) groups is 1. The van der Waals surface area contributed by atoms with Gasteiger partial charge in [-0.05, 0) is 17.5 Å². The van der Waals surface area contributed by atoms with Crippen LogP contribution in [0.15, 0.2) is 36.9 Å². The van der Waals surface area contributed by atoms with Gasteiger partial charge >= 0.3 is 5.97 Å². The van der Waals surface area contributed by atoms with Gasteiger partial charge in [-0.1, -0.05) is 43.8 Å². The van der Waals surface area contributed by atoms with Crippen molar-refractivity contribution < 1.29 is 14.3 Å². The van der Waals surface area contributed by atoms with Crippen LogP contribution in [0.25, 0.3) is 0 Å². The SMILES string of the molecule is C=CCOC(=O)C(CC)c1ccc(C2(N)COC2)cc1. The Labute approximate surface area is 119 Å². The number of rotatable bonds is 6. The second-order valence-electron chi connectivity index (χ2n) is 5.15. The van der Waals surface area contributed by atoms with Gasteiger partial charge in [0.1, 0.15) is 6.61 Å². The van der Waals surface area contributed by atoms with E-state index in [0.29, 0.717) is 19.6 Å². The minimum Gasteiger partial charge on any atom is -0.461 e. The highest BCUT2D eigenvalue weighted by Crippen LogP contribution is 2.29. The molecule has 2 N–H and O–H groups in total. The molecule has 1 aliphatic rings. The zero-order valence-corrected chi connectivity index (χ0v) is 11.8. The lowest BCUT2D eigenvalue weighted by molar-refractivity contribution is -0.144. The standard InChI is InChI=1S/C16H21NO3/c1-3-9-20-15(18)14(4-2)12-5-7-13(8-6-12)16(17)10-19-11-16/h3,5-8,14H,1,4,9-11,17H2,2H3. The van der Waals surface area contributed by atoms with Crippen molar-refractivity contribution >= 4 is 5.97 Å². The first-order chi connectivity index (χ1) is 9.60. The summed E-state index contributed by atoms with van der Waals surface area (Å²) in [4.78, 5) is 12.0. The van der Waals surface area contributed by atoms with Crippen LogP contribution in [0.5, 0.6) is 0 Å². The van der Waals surface area contributed by atoms with Crippen molar-refractivity contribution in [2.45, 2.75) is 24.8 Å². The first-order valence-electron chi connectivity index (χ1n) is 6.85. The summed E-state index contributed by atoms with van der Waals surface area (Å²) in [5, 5.41) is 0. The summed E-state index contributed by atoms with van der Waals surface area (Å²) in [5.74, 6) is -0.454. The van der Waals surface area contributed by atoms with E-state index in [1.807, 2.05) is 31.2 Å². The highest BCUT2D eigenvalue weighted by Gasteiger charge is 2.36. The number of nitrogens with two attached hydrogens (primary N) is 1. The molecule has 4 nitrogen and oxygen atoms in total. The van der Waals surface area contributed by atoms with Crippen LogP contribution in [0, 0.1) is 0 Å². The molecule has 0 aliphatic carbocycles. The van der Waals surface area contributed by atoms with E-state index in [-0.39, 0.29) is 24.0 Å². The molecule has 108 valence electrons. The van der Waals surface area contributed by atoms with Crippen molar-refractivity contribution in [3.05, 3.63) is 48.0 Å². The fourth-order valence-electron chi connectivity index (χ4n) is 2.32. The van der Waals surface area contributed by atoms with E-state index in [4.69, 9.17) is 15.2 Å². The molecular formula is C16H21NO3. The first kappa shape index (κ1) is 14.8. The number of esters is 1. The first-order valence-corrected chi connectivity index (χ1v) is 6.85. The number of ether oxygens (including phenoxy) is 2. The average molecular weight is 275 g/mol. The molecule has 1 heterocycles. The zero-order valence-electron chi connectivity index (χ0n) is 11.8. The lowest BCUT2D eigenvalue weighted by Gasteiger charge is -2.38. The molecule has 1 fully saturated rings. The molecule has 1 unspecified atom stereocenters. The summed E-state index contributed by atoms with van der Waals surface area (Å²) in [6.07, 6.45) is 2.27. The Hall–Kier alpha value is -1.65. The Morgan fingerprint density at radius 1 is 1.50 bits per heavy atom. The Morgan fingerprint density at radius 3 is 2.60 bits per heavy atom. The van der Waals surface area contributed by atoms with Gasteiger partial charge in [0.2, 0.25) is 0 Å². The molecule has 1 aromatic rings. The number of carbonyl (C=O) groups excluding carboxylic acids is 1. The van der Waals surface area contributed by atoms with E-state index in [2.05, 4.69) is 6.58 Å². The third-order valence-corrected chi connectivity index (χ3v) is 3.64. The lowest BCUT2D eigenvalue weighted by atomic mass is 9.87. The maximum Gasteiger partial charge on any atom is 0.313 e. The highest BCUT2D eigenvalue weighted by molar-refractivity contribution is 5.78. The van der Waals surface area contributed by atoms with Crippen LogP contribution in [0.4, 0.5) is 0 Å². The number of hydrogen-bond donors (Lipinski definition) is 1. The second kappa shape index (κ2) is 6.20. The lowest BCUT2D eigenvalue weighted by Crippen LogP contribution is -2.54. The van der Waals surface area contributed by atoms with Gasteiger partial charge in [-0.2, -0.15) is 0 Å². The largest absolute Gasteiger partial charge is 0.461 e. The third-order valence-electron chi connectivity index (χ3n) is 3.64. The van der Waals surface area contributed by atoms with Crippen molar-refractivity contribution in [2.24, 2.45) is 5.73 Å². The average Bonchev–Trinajstić information content (AvgIpc) is 2.44. The smallest absolute Gasteiger partial charge is 0.313 e. The predicted octanol–water partition coefficient (Wildman–Crippen LogP) is 2.09. The molecule has 0 saturated carbocycles. The fourth-order valence-corrected chi connectivity index (χ4v) is 2.32. The molecule has 0 spiro atoms. The van der Waals surface area contributed by atoms with Crippen molar-refractivity contribution in [2.75, 3.05) is 19.8 Å². The second-order valence-corrected chi connectivity index (χ2v) is 5.15. The van der Waals surface area contributed by atoms with Crippen LogP contribution >= 0.6 is 0 Å². The minimum atomic E-state index is -0.371. The van der Waals surface area contributed by atoms with Crippen LogP contribution in [-0.2, 0) is 19.8 Å². The summed E-state index contributed by atoms with van der Waals surface area (Å²) in [7, 11) is 0. The topological polar surface area (TPSA) is 61.5 Å². The molecule has 0 aromatic heterocycles. The van der Waals surface area contributed by atoms with Gasteiger partial charge in [-0.3, -0.25) is 4.79 Å². The fraction of sp³-hybridized carbons (Fsp3) is 0.438. The third kappa shape index (κ3) is 2.92. The normalized spacial score (nSPS) is 17.9. The highest BCUT2D eigenvalue weighted by atomic mass is 16.5. The van der Waals surface area contributed by atoms with E-state index < -0.39 is 0 Å². The summed E-state index contributed by atoms with van der Waals surface area (Å²) in [5.41, 5.74) is 7.81. The van der Waals surface area contributed by atoms with Gasteiger partial charge in [-0.15, -0.1) is 0 Å². The molecule has 0 bridgehead atoms. The Balaban J connectivity index is 2.10. The molecule has 2 rings (SSSR count). The predicted molar refractivity (Wildman–Crippen MR) is 77.3 cm³/mol. The van der Waals surface area contributed by atoms with Crippen LogP contribution in [0.1, 0.15) is 30.4 Å². The van der Waals surface area contributed by atoms with Gasteiger partial charge in [0.15, 0.2) is 0 Å². The Bertz CT molecular complexity index is 477. The van der Waals surface area contributed by atoms with Crippen LogP contribution < -0.4 is 5.73 Å². The summed E-state index contributed by atoms with van der Waals surface area (Å²) >= 11 is 0. The summed E-state index contributed by atoms with van der Waals surface area (Å²) < 4.78 is 10.3. The van der Waals surface area contributed by atoms with Gasteiger partial charge in [-0.25, -0.2) is 0 Å². The van der Waals surface area contributed by atoms with Crippen LogP contribution in [-0.4, -0.2) is 25.8 Å². The van der Waals surface area contributed by atoms with Crippen molar-refractivity contribution in [1.29, 1.82) is 0 Å². The molecule has 1 saturated heterocycles. The molecule has 1 aliphatic heterocycles. The van der Waals surface area contributed by atoms with E-state index in [0.717, 1.165) is 11.1 Å². The molecule has 0 amide bonds. The molecule has 20 heavy (non-hydrogen) atoms. The Morgan fingerprint density at radius 2 is 2.15 bits per heavy atom. The maximum absolute atomic E-state index is 12.0. The molecule has 1 atom stereocenters. The van der Waals surface area contributed by atoms with Gasteiger partial charge in [0.05, 0.1) is 24.7 Å². The van der Waals surface area contributed by atoms with E-state index in [9.17, 15) is 4.79 Å². The summed E-state index contributed by atoms with van der Waals surface area (Å²) in [6.45, 7) is 6.85. The monoisotopic (exact) mass is 275 g/mol. The van der Waals surface area contributed by atoms with Crippen LogP contribution in [0.2, 0.25) is 0 Å². The van der Waals surface area contributed by atoms with Gasteiger partial charge in [0, 0.05) is 0 Å². The Kier molecular flexibility index (Phi) is 4.57. The van der Waals surface area contributed by atoms with Crippen molar-refractivity contribution in [3.63, 3.8) is 0 Å². The van der Waals surface area contributed by atoms with Gasteiger partial charge in [0.25, 0.3) is 0 Å². The zero-order chi connectivity index (χ0) is 14.6. The molecular weight excluding hydrogens is 254 g/mol. The minimum absolute atomic E-state index is 0.213. The van der Waals surface area contributed by atoms with E-state index in [1.165, 1.54) is 0 Å². The van der Waals surface area contributed by atoms with E-state index in [1.54, 1.807) is 6.08 Å². The van der Waals surface area contributed by atoms with Gasteiger partial charge < -0.3 is 15.2 Å². The van der Waals surface area contributed by atoms with Crippen molar-refractivity contribution in [1.82, 2.24) is 0 Å². The molecule has 0 radical (unpaired) electrons. The van der Waals surface area contributed by atoms with E-state index >= 15 is 0 Å². The number of benzene rings is 1. The quantitative estimate of drug-likeness (QED) is 0.638.